The van der Waals surface area contributed by atoms with Crippen LogP contribution in [0, 0.1) is 11.7 Å². The quantitative estimate of drug-likeness (QED) is 0.927. The third kappa shape index (κ3) is 3.95. The van der Waals surface area contributed by atoms with Gasteiger partial charge in [0.2, 0.25) is 0 Å². The monoisotopic (exact) mass is 292 g/mol. The Morgan fingerprint density at radius 3 is 2.19 bits per heavy atom. The highest BCUT2D eigenvalue weighted by Gasteiger charge is 2.24. The van der Waals surface area contributed by atoms with Crippen LogP contribution in [0.2, 0.25) is 0 Å². The van der Waals surface area contributed by atoms with Crippen molar-refractivity contribution in [2.24, 2.45) is 5.92 Å². The van der Waals surface area contributed by atoms with E-state index in [1.807, 2.05) is 12.1 Å². The van der Waals surface area contributed by atoms with E-state index in [0.29, 0.717) is 0 Å². The average Bonchev–Trinajstić information content (AvgIpc) is 2.51. The molecule has 3 nitrogen and oxygen atoms in total. The Balaban J connectivity index is 1.45. The lowest BCUT2D eigenvalue weighted by molar-refractivity contribution is 0.0926. The number of hydrogen-bond donors (Lipinski definition) is 1. The van der Waals surface area contributed by atoms with Crippen LogP contribution in [0.1, 0.15) is 25.7 Å². The van der Waals surface area contributed by atoms with E-state index in [-0.39, 0.29) is 11.9 Å². The molecule has 0 unspecified atom stereocenters. The first-order valence-electron chi connectivity index (χ1n) is 8.11. The summed E-state index contributed by atoms with van der Waals surface area (Å²) in [6, 6.07) is 6.81. The second-order valence-electron chi connectivity index (χ2n) is 6.44. The molecule has 0 aromatic heterocycles. The minimum atomic E-state index is -0.170. The summed E-state index contributed by atoms with van der Waals surface area (Å²) < 4.78 is 13.0. The second-order valence-corrected chi connectivity index (χ2v) is 6.44. The first-order chi connectivity index (χ1) is 10.2. The molecule has 1 saturated carbocycles. The molecule has 1 aliphatic heterocycles. The van der Waals surface area contributed by atoms with Crippen LogP contribution in [0.15, 0.2) is 24.3 Å². The predicted octanol–water partition coefficient (Wildman–Crippen LogP) is 2.50. The van der Waals surface area contributed by atoms with Crippen molar-refractivity contribution in [3.05, 3.63) is 30.1 Å². The third-order valence-electron chi connectivity index (χ3n) is 4.90. The molecule has 116 valence electrons. The van der Waals surface area contributed by atoms with Gasteiger partial charge in [0.15, 0.2) is 0 Å². The molecule has 1 heterocycles. The molecule has 0 atom stereocenters. The van der Waals surface area contributed by atoms with Gasteiger partial charge in [-0.2, -0.15) is 0 Å². The Kier molecular flexibility index (Phi) is 4.76. The van der Waals surface area contributed by atoms with Gasteiger partial charge in [0.1, 0.15) is 5.82 Å². The fourth-order valence-corrected chi connectivity index (χ4v) is 3.53. The number of aliphatic hydroxyl groups is 1. The number of piperazine rings is 1. The molecule has 2 aliphatic rings. The molecule has 1 aliphatic carbocycles. The van der Waals surface area contributed by atoms with E-state index >= 15 is 0 Å². The van der Waals surface area contributed by atoms with Crippen LogP contribution in [-0.4, -0.2) is 48.8 Å². The zero-order valence-electron chi connectivity index (χ0n) is 12.5. The van der Waals surface area contributed by atoms with E-state index in [1.165, 1.54) is 31.5 Å². The van der Waals surface area contributed by atoms with Gasteiger partial charge < -0.3 is 10.0 Å². The Hall–Kier alpha value is -1.13. The first kappa shape index (κ1) is 14.8. The third-order valence-corrected chi connectivity index (χ3v) is 4.90. The number of halogens is 1. The van der Waals surface area contributed by atoms with Crippen molar-refractivity contribution in [3.63, 3.8) is 0 Å². The summed E-state index contributed by atoms with van der Waals surface area (Å²) in [4.78, 5) is 4.88. The highest BCUT2D eigenvalue weighted by molar-refractivity contribution is 5.46. The van der Waals surface area contributed by atoms with Crippen molar-refractivity contribution in [3.8, 4) is 0 Å². The van der Waals surface area contributed by atoms with Crippen LogP contribution in [-0.2, 0) is 0 Å². The van der Waals surface area contributed by atoms with Crippen LogP contribution in [0.25, 0.3) is 0 Å². The fraction of sp³-hybridized carbons (Fsp3) is 0.647. The van der Waals surface area contributed by atoms with Crippen molar-refractivity contribution in [2.45, 2.75) is 31.8 Å². The van der Waals surface area contributed by atoms with Gasteiger partial charge in [0, 0.05) is 38.4 Å². The molecule has 1 saturated heterocycles. The Morgan fingerprint density at radius 2 is 1.57 bits per heavy atom. The molecule has 2 fully saturated rings. The smallest absolute Gasteiger partial charge is 0.123 e. The maximum absolute atomic E-state index is 13.0. The molecule has 3 rings (SSSR count). The van der Waals surface area contributed by atoms with Crippen molar-refractivity contribution in [1.29, 1.82) is 0 Å². The molecular weight excluding hydrogens is 267 g/mol. The van der Waals surface area contributed by atoms with E-state index in [4.69, 9.17) is 0 Å². The highest BCUT2D eigenvalue weighted by atomic mass is 19.1. The van der Waals surface area contributed by atoms with Crippen LogP contribution in [0.4, 0.5) is 10.1 Å². The second kappa shape index (κ2) is 6.75. The summed E-state index contributed by atoms with van der Waals surface area (Å²) in [7, 11) is 0. The minimum absolute atomic E-state index is 0.0587. The Labute approximate surface area is 126 Å². The number of hydrogen-bond acceptors (Lipinski definition) is 3. The summed E-state index contributed by atoms with van der Waals surface area (Å²) in [5.41, 5.74) is 1.12. The zero-order chi connectivity index (χ0) is 14.7. The van der Waals surface area contributed by atoms with Crippen molar-refractivity contribution >= 4 is 5.69 Å². The van der Waals surface area contributed by atoms with E-state index in [0.717, 1.165) is 50.6 Å². The standard InChI is InChI=1S/C17H25FN2O/c18-15-3-5-16(6-4-15)20-11-9-19(10-12-20)13-14-1-7-17(21)8-2-14/h3-6,14,17,21H,1-2,7-13H2. The number of anilines is 1. The normalized spacial score (nSPS) is 27.8. The van der Waals surface area contributed by atoms with Crippen molar-refractivity contribution < 1.29 is 9.50 Å². The molecule has 0 radical (unpaired) electrons. The summed E-state index contributed by atoms with van der Waals surface area (Å²) >= 11 is 0. The van der Waals surface area contributed by atoms with Gasteiger partial charge in [-0.25, -0.2) is 4.39 Å². The van der Waals surface area contributed by atoms with Gasteiger partial charge in [-0.05, 0) is 55.9 Å². The molecule has 0 bridgehead atoms. The maximum Gasteiger partial charge on any atom is 0.123 e. The lowest BCUT2D eigenvalue weighted by Crippen LogP contribution is -2.48. The molecule has 4 heteroatoms. The van der Waals surface area contributed by atoms with E-state index in [1.54, 1.807) is 0 Å². The summed E-state index contributed by atoms with van der Waals surface area (Å²) in [5.74, 6) is 0.586. The molecule has 0 amide bonds. The Bertz CT molecular complexity index is 435. The fourth-order valence-electron chi connectivity index (χ4n) is 3.53. The molecule has 0 spiro atoms. The topological polar surface area (TPSA) is 26.7 Å². The highest BCUT2D eigenvalue weighted by Crippen LogP contribution is 2.25. The van der Waals surface area contributed by atoms with Crippen LogP contribution < -0.4 is 4.90 Å². The first-order valence-corrected chi connectivity index (χ1v) is 8.11. The SMILES string of the molecule is OC1CCC(CN2CCN(c3ccc(F)cc3)CC2)CC1. The van der Waals surface area contributed by atoms with Gasteiger partial charge in [0.05, 0.1) is 6.10 Å². The number of rotatable bonds is 3. The summed E-state index contributed by atoms with van der Waals surface area (Å²) in [6.45, 7) is 5.36. The summed E-state index contributed by atoms with van der Waals surface area (Å²) in [6.07, 6.45) is 4.22. The minimum Gasteiger partial charge on any atom is -0.393 e. The van der Waals surface area contributed by atoms with Gasteiger partial charge in [-0.15, -0.1) is 0 Å². The van der Waals surface area contributed by atoms with Crippen molar-refractivity contribution in [2.75, 3.05) is 37.6 Å². The van der Waals surface area contributed by atoms with Crippen LogP contribution in [0.3, 0.4) is 0 Å². The number of benzene rings is 1. The van der Waals surface area contributed by atoms with E-state index in [2.05, 4.69) is 9.80 Å². The van der Waals surface area contributed by atoms with Crippen LogP contribution >= 0.6 is 0 Å². The molecule has 1 aromatic carbocycles. The van der Waals surface area contributed by atoms with Gasteiger partial charge >= 0.3 is 0 Å². The Morgan fingerprint density at radius 1 is 0.952 bits per heavy atom. The van der Waals surface area contributed by atoms with E-state index < -0.39 is 0 Å². The lowest BCUT2D eigenvalue weighted by Gasteiger charge is -2.38. The lowest BCUT2D eigenvalue weighted by atomic mass is 9.87. The zero-order valence-corrected chi connectivity index (χ0v) is 12.5. The van der Waals surface area contributed by atoms with Gasteiger partial charge in [-0.1, -0.05) is 0 Å². The van der Waals surface area contributed by atoms with E-state index in [9.17, 15) is 9.50 Å². The molecular formula is C17H25FN2O. The predicted molar refractivity (Wildman–Crippen MR) is 83.0 cm³/mol. The summed E-state index contributed by atoms with van der Waals surface area (Å²) in [5, 5.41) is 9.57. The van der Waals surface area contributed by atoms with Crippen LogP contribution in [0.5, 0.6) is 0 Å². The average molecular weight is 292 g/mol. The molecule has 1 aromatic rings. The molecule has 1 N–H and O–H groups in total. The van der Waals surface area contributed by atoms with Crippen molar-refractivity contribution in [1.82, 2.24) is 4.90 Å². The maximum atomic E-state index is 13.0. The number of aliphatic hydroxyl groups excluding tert-OH is 1. The largest absolute Gasteiger partial charge is 0.393 e. The molecule has 21 heavy (non-hydrogen) atoms. The van der Waals surface area contributed by atoms with Gasteiger partial charge in [-0.3, -0.25) is 4.90 Å². The number of nitrogens with zero attached hydrogens (tertiary/aromatic N) is 2. The van der Waals surface area contributed by atoms with Gasteiger partial charge in [0.25, 0.3) is 0 Å².